The first-order valence-corrected chi connectivity index (χ1v) is 3.99. The Morgan fingerprint density at radius 3 is 2.33 bits per heavy atom. The van der Waals surface area contributed by atoms with Gasteiger partial charge in [-0.3, -0.25) is 9.32 Å². The monoisotopic (exact) mass is 197 g/mol. The average Bonchev–Trinajstić information content (AvgIpc) is 1.98. The third kappa shape index (κ3) is 3.59. The number of rotatable bonds is 5. The molecule has 7 nitrogen and oxygen atoms in total. The highest BCUT2D eigenvalue weighted by Gasteiger charge is 2.25. The van der Waals surface area contributed by atoms with E-state index in [-0.39, 0.29) is 0 Å². The molecular formula is C4H8NO6P. The van der Waals surface area contributed by atoms with Crippen LogP contribution in [0.15, 0.2) is 0 Å². The van der Waals surface area contributed by atoms with Crippen LogP contribution in [0.4, 0.5) is 0 Å². The van der Waals surface area contributed by atoms with Crippen molar-refractivity contribution in [1.82, 2.24) is 0 Å². The maximum atomic E-state index is 10.2. The van der Waals surface area contributed by atoms with Crippen LogP contribution in [0.5, 0.6) is 0 Å². The van der Waals surface area contributed by atoms with Gasteiger partial charge in [0, 0.05) is 0 Å². The van der Waals surface area contributed by atoms with Crippen molar-refractivity contribution in [3.05, 3.63) is 0 Å². The number of hydrogen-bond acceptors (Lipinski definition) is 6. The highest BCUT2D eigenvalue weighted by Crippen LogP contribution is 2.11. The lowest BCUT2D eigenvalue weighted by Crippen LogP contribution is -2.44. The fourth-order valence-electron chi connectivity index (χ4n) is 0.482. The normalized spacial score (nSPS) is 15.2. The van der Waals surface area contributed by atoms with E-state index >= 15 is 0 Å². The van der Waals surface area contributed by atoms with Gasteiger partial charge in [0.25, 0.3) is 0 Å². The zero-order chi connectivity index (χ0) is 9.72. The second-order valence-electron chi connectivity index (χ2n) is 1.91. The molecule has 0 heterocycles. The Balaban J connectivity index is 4.23. The SMILES string of the molecule is N[C@H](C(=O)O)[C@@H](CO)OP(=O)=O. The molecule has 0 aromatic heterocycles. The quantitative estimate of drug-likeness (QED) is 0.475. The van der Waals surface area contributed by atoms with Gasteiger partial charge in [-0.2, -0.15) is 0 Å². The van der Waals surface area contributed by atoms with E-state index in [0.717, 1.165) is 0 Å². The third-order valence-electron chi connectivity index (χ3n) is 1.09. The van der Waals surface area contributed by atoms with E-state index in [1.54, 1.807) is 0 Å². The zero-order valence-electron chi connectivity index (χ0n) is 5.91. The average molecular weight is 197 g/mol. The topological polar surface area (TPSA) is 127 Å². The molecule has 2 atom stereocenters. The number of carbonyl (C=O) groups is 1. The highest BCUT2D eigenvalue weighted by molar-refractivity contribution is 7.24. The van der Waals surface area contributed by atoms with Gasteiger partial charge in [-0.05, 0) is 0 Å². The summed E-state index contributed by atoms with van der Waals surface area (Å²) >= 11 is 0. The van der Waals surface area contributed by atoms with Crippen molar-refractivity contribution in [1.29, 1.82) is 0 Å². The number of carboxylic acids is 1. The highest BCUT2D eigenvalue weighted by atomic mass is 31.1. The smallest absolute Gasteiger partial charge is 0.468 e. The Hall–Kier alpha value is -0.750. The van der Waals surface area contributed by atoms with Gasteiger partial charge in [-0.15, -0.1) is 0 Å². The summed E-state index contributed by atoms with van der Waals surface area (Å²) in [5, 5.41) is 16.7. The maximum Gasteiger partial charge on any atom is 0.468 e. The van der Waals surface area contributed by atoms with Crippen LogP contribution in [0.3, 0.4) is 0 Å². The van der Waals surface area contributed by atoms with Crippen molar-refractivity contribution < 1.29 is 28.7 Å². The molecule has 0 rings (SSSR count). The summed E-state index contributed by atoms with van der Waals surface area (Å²) in [6.07, 6.45) is -1.43. The fourth-order valence-corrected chi connectivity index (χ4v) is 0.901. The molecule has 0 saturated carbocycles. The minimum Gasteiger partial charge on any atom is -0.480 e. The maximum absolute atomic E-state index is 10.2. The Kier molecular flexibility index (Phi) is 4.68. The summed E-state index contributed by atoms with van der Waals surface area (Å²) in [5.41, 5.74) is 4.97. The molecule has 0 aliphatic rings. The van der Waals surface area contributed by atoms with Gasteiger partial charge in [0.05, 0.1) is 6.61 Å². The van der Waals surface area contributed by atoms with Crippen LogP contribution in [0.25, 0.3) is 0 Å². The summed E-state index contributed by atoms with van der Waals surface area (Å²) in [6.45, 7) is -0.767. The van der Waals surface area contributed by atoms with Gasteiger partial charge in [0.1, 0.15) is 12.1 Å². The van der Waals surface area contributed by atoms with Gasteiger partial charge in [0.15, 0.2) is 0 Å². The molecule has 70 valence electrons. The molecule has 12 heavy (non-hydrogen) atoms. The standard InChI is InChI=1S/C4H8NO6P/c5-3(4(7)8)2(1-6)11-12(9)10/h2-3,6H,1,5H2,(H,7,8)/t2-,3+/m1/s1. The molecule has 0 aromatic rings. The minimum atomic E-state index is -3.21. The molecule has 0 bridgehead atoms. The molecule has 0 unspecified atom stereocenters. The van der Waals surface area contributed by atoms with Crippen LogP contribution in [0.2, 0.25) is 0 Å². The fraction of sp³-hybridized carbons (Fsp3) is 0.750. The molecule has 0 saturated heterocycles. The van der Waals surface area contributed by atoms with Gasteiger partial charge in [0.2, 0.25) is 0 Å². The predicted molar refractivity (Wildman–Crippen MR) is 35.9 cm³/mol. The van der Waals surface area contributed by atoms with Gasteiger partial charge < -0.3 is 15.9 Å². The van der Waals surface area contributed by atoms with Crippen molar-refractivity contribution in [2.45, 2.75) is 12.1 Å². The van der Waals surface area contributed by atoms with E-state index in [1.165, 1.54) is 0 Å². The predicted octanol–water partition coefficient (Wildman–Crippen LogP) is -1.14. The second kappa shape index (κ2) is 5.00. The first-order chi connectivity index (χ1) is 5.49. The summed E-state index contributed by atoms with van der Waals surface area (Å²) in [4.78, 5) is 10.2. The molecule has 0 spiro atoms. The molecule has 0 fully saturated rings. The van der Waals surface area contributed by atoms with Crippen LogP contribution in [0, 0.1) is 0 Å². The number of aliphatic hydroxyl groups is 1. The van der Waals surface area contributed by atoms with Crippen LogP contribution in [0.1, 0.15) is 0 Å². The Morgan fingerprint density at radius 1 is 1.58 bits per heavy atom. The van der Waals surface area contributed by atoms with Crippen molar-refractivity contribution in [3.63, 3.8) is 0 Å². The number of aliphatic carboxylic acids is 1. The zero-order valence-corrected chi connectivity index (χ0v) is 6.81. The first kappa shape index (κ1) is 11.2. The lowest BCUT2D eigenvalue weighted by Gasteiger charge is -2.13. The summed E-state index contributed by atoms with van der Waals surface area (Å²) in [7, 11) is -3.21. The number of aliphatic hydroxyl groups excluding tert-OH is 1. The van der Waals surface area contributed by atoms with Crippen LogP contribution in [-0.2, 0) is 18.4 Å². The largest absolute Gasteiger partial charge is 0.480 e. The van der Waals surface area contributed by atoms with E-state index in [0.29, 0.717) is 0 Å². The molecule has 8 heteroatoms. The lowest BCUT2D eigenvalue weighted by molar-refractivity contribution is -0.141. The number of carboxylic acid groups (broad SMARTS) is 1. The van der Waals surface area contributed by atoms with Crippen molar-refractivity contribution in [2.75, 3.05) is 6.61 Å². The number of hydrogen-bond donors (Lipinski definition) is 3. The Morgan fingerprint density at radius 2 is 2.08 bits per heavy atom. The summed E-state index contributed by atoms with van der Waals surface area (Å²) in [5.74, 6) is -1.44. The van der Waals surface area contributed by atoms with Crippen LogP contribution >= 0.6 is 7.91 Å². The lowest BCUT2D eigenvalue weighted by atomic mass is 10.2. The molecular weight excluding hydrogens is 189 g/mol. The van der Waals surface area contributed by atoms with Gasteiger partial charge in [-0.25, -0.2) is 9.13 Å². The van der Waals surface area contributed by atoms with E-state index in [4.69, 9.17) is 15.9 Å². The molecule has 0 amide bonds. The minimum absolute atomic E-state index is 0.767. The van der Waals surface area contributed by atoms with Crippen molar-refractivity contribution in [3.8, 4) is 0 Å². The van der Waals surface area contributed by atoms with Crippen LogP contribution in [-0.4, -0.2) is 34.9 Å². The Bertz CT molecular complexity index is 218. The van der Waals surface area contributed by atoms with Gasteiger partial charge >= 0.3 is 13.9 Å². The molecule has 0 aliphatic heterocycles. The van der Waals surface area contributed by atoms with E-state index in [1.807, 2.05) is 0 Å². The van der Waals surface area contributed by atoms with E-state index < -0.39 is 32.6 Å². The second-order valence-corrected chi connectivity index (χ2v) is 2.57. The molecule has 4 N–H and O–H groups in total. The van der Waals surface area contributed by atoms with Crippen molar-refractivity contribution >= 4 is 13.9 Å². The van der Waals surface area contributed by atoms with E-state index in [9.17, 15) is 13.9 Å². The van der Waals surface area contributed by atoms with Crippen LogP contribution < -0.4 is 5.73 Å². The summed E-state index contributed by atoms with van der Waals surface area (Å²) in [6, 6.07) is -1.55. The molecule has 0 aliphatic carbocycles. The molecule has 0 radical (unpaired) electrons. The Labute approximate surface area is 68.0 Å². The summed E-state index contributed by atoms with van der Waals surface area (Å²) < 4.78 is 23.9. The first-order valence-electron chi connectivity index (χ1n) is 2.89. The van der Waals surface area contributed by atoms with Gasteiger partial charge in [-0.1, -0.05) is 0 Å². The van der Waals surface area contributed by atoms with Crippen molar-refractivity contribution in [2.24, 2.45) is 5.73 Å². The molecule has 0 aromatic carbocycles. The number of nitrogens with two attached hydrogens (primary N) is 1. The third-order valence-corrected chi connectivity index (χ3v) is 1.53. The van der Waals surface area contributed by atoms with E-state index in [2.05, 4.69) is 4.52 Å².